The monoisotopic (exact) mass is 269 g/mol. The van der Waals surface area contributed by atoms with Crippen LogP contribution in [0.1, 0.15) is 35.0 Å². The molecule has 3 N–H and O–H groups in total. The third-order valence-corrected chi connectivity index (χ3v) is 4.53. The molecule has 5 nitrogen and oxygen atoms in total. The molecular formula is C12H19N3O2S. The first-order valence-corrected chi connectivity index (χ1v) is 6.88. The summed E-state index contributed by atoms with van der Waals surface area (Å²) in [6.07, 6.45) is 0.154. The number of carbonyl (C=O) groups is 1. The SMILES string of the molecule is Cc1nc(C)c(C(C)NC2(CC(=O)O)CNC2)s1. The van der Waals surface area contributed by atoms with Gasteiger partial charge < -0.3 is 15.7 Å². The summed E-state index contributed by atoms with van der Waals surface area (Å²) in [5, 5.41) is 16.6. The fourth-order valence-corrected chi connectivity index (χ4v) is 3.40. The average molecular weight is 269 g/mol. The molecule has 0 aliphatic carbocycles. The summed E-state index contributed by atoms with van der Waals surface area (Å²) in [4.78, 5) is 16.5. The minimum Gasteiger partial charge on any atom is -0.481 e. The molecule has 1 aliphatic heterocycles. The van der Waals surface area contributed by atoms with Crippen LogP contribution < -0.4 is 10.6 Å². The van der Waals surface area contributed by atoms with E-state index >= 15 is 0 Å². The van der Waals surface area contributed by atoms with E-state index in [4.69, 9.17) is 5.11 Å². The maximum absolute atomic E-state index is 10.9. The van der Waals surface area contributed by atoms with E-state index in [-0.39, 0.29) is 18.0 Å². The third-order valence-electron chi connectivity index (χ3n) is 3.27. The summed E-state index contributed by atoms with van der Waals surface area (Å²) in [6.45, 7) is 7.48. The van der Waals surface area contributed by atoms with Crippen LogP contribution >= 0.6 is 11.3 Å². The number of aryl methyl sites for hydroxylation is 2. The first kappa shape index (κ1) is 13.5. The van der Waals surface area contributed by atoms with Crippen LogP contribution in [0.15, 0.2) is 0 Å². The lowest BCUT2D eigenvalue weighted by Crippen LogP contribution is -2.68. The van der Waals surface area contributed by atoms with Crippen molar-refractivity contribution in [1.29, 1.82) is 0 Å². The smallest absolute Gasteiger partial charge is 0.305 e. The van der Waals surface area contributed by atoms with Crippen molar-refractivity contribution in [3.8, 4) is 0 Å². The lowest BCUT2D eigenvalue weighted by Gasteiger charge is -2.44. The Bertz CT molecular complexity index is 454. The average Bonchev–Trinajstić information content (AvgIpc) is 2.53. The Hall–Kier alpha value is -0.980. The molecule has 0 radical (unpaired) electrons. The summed E-state index contributed by atoms with van der Waals surface area (Å²) in [7, 11) is 0. The van der Waals surface area contributed by atoms with E-state index < -0.39 is 5.97 Å². The first-order chi connectivity index (χ1) is 8.42. The number of carboxylic acid groups (broad SMARTS) is 1. The van der Waals surface area contributed by atoms with Crippen LogP contribution in [0.2, 0.25) is 0 Å². The van der Waals surface area contributed by atoms with Gasteiger partial charge in [-0.2, -0.15) is 0 Å². The largest absolute Gasteiger partial charge is 0.481 e. The van der Waals surface area contributed by atoms with Gasteiger partial charge in [-0.3, -0.25) is 4.79 Å². The van der Waals surface area contributed by atoms with Crippen molar-refractivity contribution >= 4 is 17.3 Å². The van der Waals surface area contributed by atoms with Gasteiger partial charge in [-0.15, -0.1) is 11.3 Å². The Morgan fingerprint density at radius 1 is 1.61 bits per heavy atom. The zero-order valence-electron chi connectivity index (χ0n) is 10.9. The molecule has 2 rings (SSSR count). The molecule has 1 saturated heterocycles. The van der Waals surface area contributed by atoms with Crippen LogP contribution in [-0.2, 0) is 4.79 Å². The predicted octanol–water partition coefficient (Wildman–Crippen LogP) is 1.23. The molecule has 1 fully saturated rings. The van der Waals surface area contributed by atoms with Gasteiger partial charge in [-0.05, 0) is 20.8 Å². The van der Waals surface area contributed by atoms with E-state index in [9.17, 15) is 4.79 Å². The Kier molecular flexibility index (Phi) is 3.70. The van der Waals surface area contributed by atoms with Gasteiger partial charge in [0.2, 0.25) is 0 Å². The molecule has 0 aromatic carbocycles. The van der Waals surface area contributed by atoms with E-state index in [2.05, 4.69) is 22.5 Å². The van der Waals surface area contributed by atoms with Crippen molar-refractivity contribution in [2.45, 2.75) is 38.8 Å². The quantitative estimate of drug-likeness (QED) is 0.749. The molecule has 18 heavy (non-hydrogen) atoms. The summed E-state index contributed by atoms with van der Waals surface area (Å²) >= 11 is 1.68. The number of aromatic nitrogens is 1. The van der Waals surface area contributed by atoms with Gasteiger partial charge >= 0.3 is 5.97 Å². The fourth-order valence-electron chi connectivity index (χ4n) is 2.47. The highest BCUT2D eigenvalue weighted by atomic mass is 32.1. The van der Waals surface area contributed by atoms with Crippen LogP contribution in [0.5, 0.6) is 0 Å². The van der Waals surface area contributed by atoms with Gasteiger partial charge in [0, 0.05) is 24.0 Å². The van der Waals surface area contributed by atoms with Crippen molar-refractivity contribution < 1.29 is 9.90 Å². The maximum atomic E-state index is 10.9. The number of hydrogen-bond donors (Lipinski definition) is 3. The Morgan fingerprint density at radius 2 is 2.28 bits per heavy atom. The molecule has 1 unspecified atom stereocenters. The maximum Gasteiger partial charge on any atom is 0.305 e. The summed E-state index contributed by atoms with van der Waals surface area (Å²) in [5.74, 6) is -0.756. The lowest BCUT2D eigenvalue weighted by atomic mass is 9.87. The molecule has 0 amide bonds. The first-order valence-electron chi connectivity index (χ1n) is 6.06. The van der Waals surface area contributed by atoms with E-state index in [0.717, 1.165) is 10.7 Å². The van der Waals surface area contributed by atoms with Crippen LogP contribution in [0.4, 0.5) is 0 Å². The molecular weight excluding hydrogens is 250 g/mol. The van der Waals surface area contributed by atoms with Crippen molar-refractivity contribution in [2.24, 2.45) is 0 Å². The second-order valence-corrected chi connectivity index (χ2v) is 6.24. The van der Waals surface area contributed by atoms with Gasteiger partial charge in [0.05, 0.1) is 22.7 Å². The zero-order chi connectivity index (χ0) is 13.3. The molecule has 1 atom stereocenters. The number of thiazole rings is 1. The van der Waals surface area contributed by atoms with Crippen molar-refractivity contribution in [2.75, 3.05) is 13.1 Å². The van der Waals surface area contributed by atoms with Gasteiger partial charge in [0.1, 0.15) is 0 Å². The van der Waals surface area contributed by atoms with E-state index in [0.29, 0.717) is 13.1 Å². The standard InChI is InChI=1S/C12H19N3O2S/c1-7-11(18-9(3)14-7)8(2)15-12(4-10(16)17)5-13-6-12/h8,13,15H,4-6H2,1-3H3,(H,16,17). The number of nitrogens with zero attached hydrogens (tertiary/aromatic N) is 1. The van der Waals surface area contributed by atoms with Crippen molar-refractivity contribution in [3.63, 3.8) is 0 Å². The van der Waals surface area contributed by atoms with Gasteiger partial charge in [0.25, 0.3) is 0 Å². The number of carboxylic acids is 1. The molecule has 1 aromatic heterocycles. The van der Waals surface area contributed by atoms with Gasteiger partial charge in [-0.1, -0.05) is 0 Å². The predicted molar refractivity (Wildman–Crippen MR) is 71.0 cm³/mol. The van der Waals surface area contributed by atoms with E-state index in [1.165, 1.54) is 4.88 Å². The molecule has 1 aliphatic rings. The highest BCUT2D eigenvalue weighted by molar-refractivity contribution is 7.11. The summed E-state index contributed by atoms with van der Waals surface area (Å²) < 4.78 is 0. The van der Waals surface area contributed by atoms with Gasteiger partial charge in [0.15, 0.2) is 0 Å². The lowest BCUT2D eigenvalue weighted by molar-refractivity contribution is -0.139. The van der Waals surface area contributed by atoms with Crippen LogP contribution in [0.3, 0.4) is 0 Å². The molecule has 6 heteroatoms. The molecule has 0 bridgehead atoms. The highest BCUT2D eigenvalue weighted by Gasteiger charge is 2.40. The molecule has 0 saturated carbocycles. The number of aliphatic carboxylic acids is 1. The Morgan fingerprint density at radius 3 is 2.67 bits per heavy atom. The van der Waals surface area contributed by atoms with Crippen LogP contribution in [0.25, 0.3) is 0 Å². The summed E-state index contributed by atoms with van der Waals surface area (Å²) in [6, 6.07) is 0.137. The second kappa shape index (κ2) is 4.95. The van der Waals surface area contributed by atoms with Crippen LogP contribution in [0, 0.1) is 13.8 Å². The minimum atomic E-state index is -0.756. The molecule has 100 valence electrons. The zero-order valence-corrected chi connectivity index (χ0v) is 11.7. The van der Waals surface area contributed by atoms with Crippen LogP contribution in [-0.4, -0.2) is 34.7 Å². The number of nitrogens with one attached hydrogen (secondary N) is 2. The number of hydrogen-bond acceptors (Lipinski definition) is 5. The number of rotatable bonds is 5. The molecule has 0 spiro atoms. The Labute approximate surface area is 111 Å². The Balaban J connectivity index is 2.08. The highest BCUT2D eigenvalue weighted by Crippen LogP contribution is 2.28. The minimum absolute atomic E-state index is 0.137. The van der Waals surface area contributed by atoms with E-state index in [1.807, 2.05) is 13.8 Å². The van der Waals surface area contributed by atoms with Crippen molar-refractivity contribution in [3.05, 3.63) is 15.6 Å². The summed E-state index contributed by atoms with van der Waals surface area (Å²) in [5.41, 5.74) is 0.727. The third kappa shape index (κ3) is 2.71. The van der Waals surface area contributed by atoms with Crippen molar-refractivity contribution in [1.82, 2.24) is 15.6 Å². The topological polar surface area (TPSA) is 74.2 Å². The van der Waals surface area contributed by atoms with E-state index in [1.54, 1.807) is 11.3 Å². The normalized spacial score (nSPS) is 19.3. The second-order valence-electron chi connectivity index (χ2n) is 5.00. The fraction of sp³-hybridized carbons (Fsp3) is 0.667. The van der Waals surface area contributed by atoms with Gasteiger partial charge in [-0.25, -0.2) is 4.98 Å². The molecule has 1 aromatic rings. The molecule has 2 heterocycles.